The molecule has 1 N–H and O–H groups in total. The lowest BCUT2D eigenvalue weighted by atomic mass is 9.97. The Bertz CT molecular complexity index is 646. The van der Waals surface area contributed by atoms with Gasteiger partial charge in [-0.3, -0.25) is 0 Å². The van der Waals surface area contributed by atoms with Crippen molar-refractivity contribution in [3.63, 3.8) is 0 Å². The smallest absolute Gasteiger partial charge is 0.127 e. The van der Waals surface area contributed by atoms with Gasteiger partial charge in [0.15, 0.2) is 0 Å². The first-order valence-corrected chi connectivity index (χ1v) is 7.98. The number of aryl methyl sites for hydroxylation is 1. The maximum atomic E-state index is 13.6. The van der Waals surface area contributed by atoms with Crippen LogP contribution in [0, 0.1) is 12.7 Å². The summed E-state index contributed by atoms with van der Waals surface area (Å²) in [7, 11) is 1.85. The van der Waals surface area contributed by atoms with Crippen molar-refractivity contribution >= 4 is 43.5 Å². The minimum atomic E-state index is -0.290. The maximum absolute atomic E-state index is 13.6. The highest BCUT2D eigenvalue weighted by molar-refractivity contribution is 9.11. The molecule has 0 heterocycles. The van der Waals surface area contributed by atoms with Crippen LogP contribution in [0.3, 0.4) is 0 Å². The van der Waals surface area contributed by atoms with Crippen LogP contribution in [0.25, 0.3) is 0 Å². The predicted octanol–water partition coefficient (Wildman–Crippen LogP) is 5.62. The van der Waals surface area contributed by atoms with Crippen LogP contribution in [-0.2, 0) is 0 Å². The van der Waals surface area contributed by atoms with Gasteiger partial charge in [0, 0.05) is 14.0 Å². The average Bonchev–Trinajstić information content (AvgIpc) is 2.40. The summed E-state index contributed by atoms with van der Waals surface area (Å²) in [5.74, 6) is -0.290. The van der Waals surface area contributed by atoms with Gasteiger partial charge in [0.25, 0.3) is 0 Å². The second-order valence-corrected chi connectivity index (χ2v) is 6.69. The highest BCUT2D eigenvalue weighted by Gasteiger charge is 2.19. The van der Waals surface area contributed by atoms with Crippen molar-refractivity contribution in [2.24, 2.45) is 0 Å². The predicted molar refractivity (Wildman–Crippen MR) is 88.9 cm³/mol. The Labute approximate surface area is 139 Å². The molecular formula is C15H13Br2ClFN. The van der Waals surface area contributed by atoms with E-state index in [0.29, 0.717) is 10.6 Å². The minimum Gasteiger partial charge on any atom is -0.309 e. The Kier molecular flexibility index (Phi) is 5.24. The minimum absolute atomic E-state index is 0.117. The van der Waals surface area contributed by atoms with E-state index in [9.17, 15) is 4.39 Å². The fraction of sp³-hybridized carbons (Fsp3) is 0.200. The molecule has 1 atom stereocenters. The summed E-state index contributed by atoms with van der Waals surface area (Å²) in [5, 5.41) is 3.65. The van der Waals surface area contributed by atoms with Crippen LogP contribution in [-0.4, -0.2) is 7.05 Å². The van der Waals surface area contributed by atoms with E-state index in [1.165, 1.54) is 6.07 Å². The molecular weight excluding hydrogens is 408 g/mol. The van der Waals surface area contributed by atoms with Gasteiger partial charge in [-0.2, -0.15) is 0 Å². The van der Waals surface area contributed by atoms with E-state index < -0.39 is 0 Å². The van der Waals surface area contributed by atoms with E-state index in [0.717, 1.165) is 20.1 Å². The number of benzene rings is 2. The molecule has 106 valence electrons. The van der Waals surface area contributed by atoms with Gasteiger partial charge in [-0.15, -0.1) is 0 Å². The molecule has 20 heavy (non-hydrogen) atoms. The summed E-state index contributed by atoms with van der Waals surface area (Å²) in [6, 6.07) is 8.97. The van der Waals surface area contributed by atoms with Crippen LogP contribution in [0.4, 0.5) is 4.39 Å². The quantitative estimate of drug-likeness (QED) is 0.678. The molecule has 1 unspecified atom stereocenters. The van der Waals surface area contributed by atoms with Gasteiger partial charge < -0.3 is 5.32 Å². The Balaban J connectivity index is 2.58. The van der Waals surface area contributed by atoms with Crippen molar-refractivity contribution in [1.29, 1.82) is 0 Å². The number of halogens is 4. The molecule has 2 aromatic carbocycles. The first-order chi connectivity index (χ1) is 9.43. The van der Waals surface area contributed by atoms with Crippen molar-refractivity contribution in [2.75, 3.05) is 7.05 Å². The van der Waals surface area contributed by atoms with Gasteiger partial charge in [-0.1, -0.05) is 43.5 Å². The number of rotatable bonds is 3. The summed E-state index contributed by atoms with van der Waals surface area (Å²) in [6.45, 7) is 1.73. The van der Waals surface area contributed by atoms with Crippen molar-refractivity contribution in [3.8, 4) is 0 Å². The number of hydrogen-bond donors (Lipinski definition) is 1. The highest BCUT2D eigenvalue weighted by Crippen LogP contribution is 2.35. The van der Waals surface area contributed by atoms with E-state index in [2.05, 4.69) is 37.2 Å². The largest absolute Gasteiger partial charge is 0.309 e. The Morgan fingerprint density at radius 1 is 1.15 bits per heavy atom. The summed E-state index contributed by atoms with van der Waals surface area (Å²) < 4.78 is 15.5. The van der Waals surface area contributed by atoms with Gasteiger partial charge in [-0.05, 0) is 61.0 Å². The molecule has 0 aliphatic rings. The zero-order valence-corrected chi connectivity index (χ0v) is 14.9. The molecule has 0 radical (unpaired) electrons. The Morgan fingerprint density at radius 2 is 1.85 bits per heavy atom. The molecule has 0 bridgehead atoms. The van der Waals surface area contributed by atoms with Crippen molar-refractivity contribution in [1.82, 2.24) is 5.32 Å². The highest BCUT2D eigenvalue weighted by atomic mass is 79.9. The topological polar surface area (TPSA) is 12.0 Å². The second kappa shape index (κ2) is 6.56. The molecule has 2 rings (SSSR count). The number of hydrogen-bond acceptors (Lipinski definition) is 1. The molecule has 0 amide bonds. The molecule has 0 aliphatic carbocycles. The Morgan fingerprint density at radius 3 is 2.50 bits per heavy atom. The lowest BCUT2D eigenvalue weighted by Crippen LogP contribution is -2.19. The molecule has 1 nitrogen and oxygen atoms in total. The van der Waals surface area contributed by atoms with Crippen LogP contribution < -0.4 is 5.32 Å². The third kappa shape index (κ3) is 3.25. The molecule has 5 heteroatoms. The third-order valence-corrected chi connectivity index (χ3v) is 4.69. The summed E-state index contributed by atoms with van der Waals surface area (Å²) >= 11 is 13.2. The zero-order valence-electron chi connectivity index (χ0n) is 11.0. The van der Waals surface area contributed by atoms with Crippen LogP contribution in [0.15, 0.2) is 39.3 Å². The zero-order chi connectivity index (χ0) is 14.9. The first-order valence-electron chi connectivity index (χ1n) is 6.01. The molecule has 2 aromatic rings. The molecule has 0 spiro atoms. The van der Waals surface area contributed by atoms with Gasteiger partial charge in [0.2, 0.25) is 0 Å². The summed E-state index contributed by atoms with van der Waals surface area (Å²) in [5.41, 5.74) is 2.47. The normalized spacial score (nSPS) is 12.5. The SMILES string of the molecule is CNC(c1cc(C)c(F)cc1Cl)c1cc(Br)ccc1Br. The molecule has 0 saturated heterocycles. The van der Waals surface area contributed by atoms with E-state index >= 15 is 0 Å². The molecule has 0 aromatic heterocycles. The van der Waals surface area contributed by atoms with Crippen molar-refractivity contribution < 1.29 is 4.39 Å². The maximum Gasteiger partial charge on any atom is 0.127 e. The average molecular weight is 422 g/mol. The third-order valence-electron chi connectivity index (χ3n) is 3.15. The van der Waals surface area contributed by atoms with Crippen LogP contribution >= 0.6 is 43.5 Å². The van der Waals surface area contributed by atoms with Crippen LogP contribution in [0.2, 0.25) is 5.02 Å². The summed E-state index contributed by atoms with van der Waals surface area (Å²) in [4.78, 5) is 0. The van der Waals surface area contributed by atoms with Gasteiger partial charge in [-0.25, -0.2) is 4.39 Å². The van der Waals surface area contributed by atoms with Crippen molar-refractivity contribution in [3.05, 3.63) is 66.8 Å². The van der Waals surface area contributed by atoms with Gasteiger partial charge in [0.05, 0.1) is 6.04 Å². The first kappa shape index (κ1) is 16.0. The van der Waals surface area contributed by atoms with Gasteiger partial charge >= 0.3 is 0 Å². The van der Waals surface area contributed by atoms with Crippen LogP contribution in [0.1, 0.15) is 22.7 Å². The van der Waals surface area contributed by atoms with Crippen molar-refractivity contribution in [2.45, 2.75) is 13.0 Å². The molecule has 0 saturated carbocycles. The monoisotopic (exact) mass is 419 g/mol. The number of nitrogens with one attached hydrogen (secondary N) is 1. The fourth-order valence-corrected chi connectivity index (χ4v) is 3.23. The van der Waals surface area contributed by atoms with E-state index in [-0.39, 0.29) is 11.9 Å². The van der Waals surface area contributed by atoms with Crippen LogP contribution in [0.5, 0.6) is 0 Å². The summed E-state index contributed by atoms with van der Waals surface area (Å²) in [6.07, 6.45) is 0. The van der Waals surface area contributed by atoms with E-state index in [1.807, 2.05) is 25.2 Å². The second-order valence-electron chi connectivity index (χ2n) is 4.51. The molecule has 0 aliphatic heterocycles. The van der Waals surface area contributed by atoms with Gasteiger partial charge in [0.1, 0.15) is 5.82 Å². The Hall–Kier alpha value is -0.420. The van der Waals surface area contributed by atoms with E-state index in [1.54, 1.807) is 13.0 Å². The van der Waals surface area contributed by atoms with E-state index in [4.69, 9.17) is 11.6 Å². The lowest BCUT2D eigenvalue weighted by molar-refractivity contribution is 0.614. The molecule has 0 fully saturated rings. The fourth-order valence-electron chi connectivity index (χ4n) is 2.12. The lowest BCUT2D eigenvalue weighted by Gasteiger charge is -2.21. The standard InChI is InChI=1S/C15H13Br2ClFN/c1-8-5-11(13(18)7-14(8)19)15(20-2)10-6-9(16)3-4-12(10)17/h3-7,15,20H,1-2H3.